The van der Waals surface area contributed by atoms with Crippen LogP contribution in [0.2, 0.25) is 5.02 Å². The van der Waals surface area contributed by atoms with Crippen molar-refractivity contribution in [3.05, 3.63) is 34.9 Å². The van der Waals surface area contributed by atoms with Gasteiger partial charge in [-0.15, -0.1) is 0 Å². The van der Waals surface area contributed by atoms with Crippen LogP contribution < -0.4 is 22.5 Å². The first-order valence-electron chi connectivity index (χ1n) is 9.09. The SMILES string of the molecule is CCC(O)C(N)C(NCc1cccc(Cl)c1)(C(C)N)C(C)CC(C)N. The Morgan fingerprint density at radius 3 is 2.32 bits per heavy atom. The van der Waals surface area contributed by atoms with E-state index < -0.39 is 17.7 Å². The van der Waals surface area contributed by atoms with E-state index >= 15 is 0 Å². The zero-order chi connectivity index (χ0) is 19.2. The second-order valence-electron chi connectivity index (χ2n) is 7.32. The molecule has 0 fully saturated rings. The Kier molecular flexibility index (Phi) is 8.81. The van der Waals surface area contributed by atoms with E-state index in [9.17, 15) is 5.11 Å². The first kappa shape index (κ1) is 22.4. The maximum atomic E-state index is 10.5. The second-order valence-corrected chi connectivity index (χ2v) is 7.76. The highest BCUT2D eigenvalue weighted by atomic mass is 35.5. The van der Waals surface area contributed by atoms with Gasteiger partial charge >= 0.3 is 0 Å². The molecule has 1 aromatic carbocycles. The van der Waals surface area contributed by atoms with Gasteiger partial charge in [0.05, 0.1) is 17.7 Å². The fraction of sp³-hybridized carbons (Fsp3) is 0.684. The van der Waals surface area contributed by atoms with E-state index in [2.05, 4.69) is 12.2 Å². The minimum atomic E-state index is -0.647. The molecule has 0 bridgehead atoms. The van der Waals surface area contributed by atoms with Crippen molar-refractivity contribution in [1.29, 1.82) is 0 Å². The topological polar surface area (TPSA) is 110 Å². The number of nitrogens with two attached hydrogens (primary N) is 3. The lowest BCUT2D eigenvalue weighted by molar-refractivity contribution is 0.0417. The van der Waals surface area contributed by atoms with Crippen molar-refractivity contribution >= 4 is 11.6 Å². The Hall–Kier alpha value is -0.690. The summed E-state index contributed by atoms with van der Waals surface area (Å²) in [5, 5.41) is 14.7. The normalized spacial score (nSPS) is 20.4. The van der Waals surface area contributed by atoms with Gasteiger partial charge in [-0.2, -0.15) is 0 Å². The zero-order valence-corrected chi connectivity index (χ0v) is 16.6. The summed E-state index contributed by atoms with van der Waals surface area (Å²) in [6, 6.07) is 6.92. The van der Waals surface area contributed by atoms with Crippen LogP contribution in [-0.4, -0.2) is 34.9 Å². The van der Waals surface area contributed by atoms with E-state index in [1.54, 1.807) is 0 Å². The average Bonchev–Trinajstić information content (AvgIpc) is 2.53. The van der Waals surface area contributed by atoms with E-state index in [4.69, 9.17) is 28.8 Å². The highest BCUT2D eigenvalue weighted by molar-refractivity contribution is 6.30. The molecule has 8 N–H and O–H groups in total. The van der Waals surface area contributed by atoms with E-state index in [1.807, 2.05) is 45.0 Å². The number of hydrogen-bond acceptors (Lipinski definition) is 5. The number of aliphatic hydroxyl groups is 1. The average molecular weight is 371 g/mol. The van der Waals surface area contributed by atoms with Gasteiger partial charge in [-0.3, -0.25) is 0 Å². The largest absolute Gasteiger partial charge is 0.391 e. The third-order valence-electron chi connectivity index (χ3n) is 5.17. The molecule has 0 aliphatic carbocycles. The van der Waals surface area contributed by atoms with Gasteiger partial charge in [-0.05, 0) is 50.3 Å². The van der Waals surface area contributed by atoms with E-state index in [-0.39, 0.29) is 18.0 Å². The molecule has 0 amide bonds. The van der Waals surface area contributed by atoms with Crippen LogP contribution in [0.3, 0.4) is 0 Å². The molecule has 6 unspecified atom stereocenters. The van der Waals surface area contributed by atoms with Crippen LogP contribution in [0.4, 0.5) is 0 Å². The summed E-state index contributed by atoms with van der Waals surface area (Å²) in [7, 11) is 0. The maximum absolute atomic E-state index is 10.5. The molecule has 5 nitrogen and oxygen atoms in total. The monoisotopic (exact) mass is 370 g/mol. The number of halogens is 1. The van der Waals surface area contributed by atoms with Crippen LogP contribution in [0, 0.1) is 5.92 Å². The van der Waals surface area contributed by atoms with Crippen LogP contribution in [0.1, 0.15) is 46.1 Å². The van der Waals surface area contributed by atoms with Crippen molar-refractivity contribution in [1.82, 2.24) is 5.32 Å². The van der Waals surface area contributed by atoms with Crippen LogP contribution in [-0.2, 0) is 6.54 Å². The predicted molar refractivity (Wildman–Crippen MR) is 106 cm³/mol. The zero-order valence-electron chi connectivity index (χ0n) is 15.9. The number of aliphatic hydroxyl groups excluding tert-OH is 1. The molecule has 1 rings (SSSR count). The highest BCUT2D eigenvalue weighted by Gasteiger charge is 2.47. The molecule has 0 aromatic heterocycles. The van der Waals surface area contributed by atoms with Gasteiger partial charge in [0, 0.05) is 23.7 Å². The molecule has 0 spiro atoms. The van der Waals surface area contributed by atoms with Gasteiger partial charge in [0.15, 0.2) is 0 Å². The van der Waals surface area contributed by atoms with Crippen LogP contribution in [0.25, 0.3) is 0 Å². The maximum Gasteiger partial charge on any atom is 0.0707 e. The van der Waals surface area contributed by atoms with Gasteiger partial charge in [0.2, 0.25) is 0 Å². The summed E-state index contributed by atoms with van der Waals surface area (Å²) in [5.74, 6) is 0.0860. The third-order valence-corrected chi connectivity index (χ3v) is 5.40. The summed E-state index contributed by atoms with van der Waals surface area (Å²) in [4.78, 5) is 0. The van der Waals surface area contributed by atoms with Crippen LogP contribution >= 0.6 is 11.6 Å². The molecule has 0 aliphatic heterocycles. The quantitative estimate of drug-likeness (QED) is 0.432. The lowest BCUT2D eigenvalue weighted by atomic mass is 9.69. The first-order valence-corrected chi connectivity index (χ1v) is 9.47. The minimum absolute atomic E-state index is 0.0204. The molecule has 0 heterocycles. The number of nitrogens with one attached hydrogen (secondary N) is 1. The summed E-state index contributed by atoms with van der Waals surface area (Å²) < 4.78 is 0. The second kappa shape index (κ2) is 9.86. The van der Waals surface area contributed by atoms with Crippen LogP contribution in [0.5, 0.6) is 0 Å². The Balaban J connectivity index is 3.18. The van der Waals surface area contributed by atoms with Gasteiger partial charge in [0.25, 0.3) is 0 Å². The van der Waals surface area contributed by atoms with E-state index in [1.165, 1.54) is 0 Å². The minimum Gasteiger partial charge on any atom is -0.391 e. The molecule has 0 radical (unpaired) electrons. The third kappa shape index (κ3) is 5.64. The van der Waals surface area contributed by atoms with Crippen molar-refractivity contribution < 1.29 is 5.11 Å². The van der Waals surface area contributed by atoms with Gasteiger partial charge in [-0.25, -0.2) is 0 Å². The molecule has 0 saturated carbocycles. The van der Waals surface area contributed by atoms with Crippen molar-refractivity contribution in [2.24, 2.45) is 23.1 Å². The van der Waals surface area contributed by atoms with Gasteiger partial charge < -0.3 is 27.6 Å². The smallest absolute Gasteiger partial charge is 0.0707 e. The lowest BCUT2D eigenvalue weighted by Gasteiger charge is -2.49. The summed E-state index contributed by atoms with van der Waals surface area (Å²) >= 11 is 6.09. The first-order chi connectivity index (χ1) is 11.6. The lowest BCUT2D eigenvalue weighted by Crippen LogP contribution is -2.73. The molecule has 6 atom stereocenters. The summed E-state index contributed by atoms with van der Waals surface area (Å²) in [5.41, 5.74) is 19.4. The van der Waals surface area contributed by atoms with E-state index in [0.717, 1.165) is 12.0 Å². The Morgan fingerprint density at radius 2 is 1.84 bits per heavy atom. The Labute approximate surface area is 157 Å². The van der Waals surface area contributed by atoms with Crippen molar-refractivity contribution in [2.75, 3.05) is 0 Å². The van der Waals surface area contributed by atoms with E-state index in [0.29, 0.717) is 18.0 Å². The molecular formula is C19H35ClN4O. The van der Waals surface area contributed by atoms with Crippen LogP contribution in [0.15, 0.2) is 24.3 Å². The Bertz CT molecular complexity index is 526. The fourth-order valence-electron chi connectivity index (χ4n) is 3.76. The molecular weight excluding hydrogens is 336 g/mol. The van der Waals surface area contributed by atoms with Gasteiger partial charge in [-0.1, -0.05) is 37.6 Å². The summed E-state index contributed by atoms with van der Waals surface area (Å²) in [6.45, 7) is 8.49. The van der Waals surface area contributed by atoms with Crippen molar-refractivity contribution in [2.45, 2.75) is 76.8 Å². The number of hydrogen-bond donors (Lipinski definition) is 5. The number of rotatable bonds is 10. The molecule has 0 aliphatic rings. The number of benzene rings is 1. The molecule has 0 saturated heterocycles. The molecule has 25 heavy (non-hydrogen) atoms. The fourth-order valence-corrected chi connectivity index (χ4v) is 3.97. The van der Waals surface area contributed by atoms with Crippen molar-refractivity contribution in [3.8, 4) is 0 Å². The van der Waals surface area contributed by atoms with Gasteiger partial charge in [0.1, 0.15) is 0 Å². The summed E-state index contributed by atoms with van der Waals surface area (Å²) in [6.07, 6.45) is 0.682. The highest BCUT2D eigenvalue weighted by Crippen LogP contribution is 2.30. The van der Waals surface area contributed by atoms with Crippen molar-refractivity contribution in [3.63, 3.8) is 0 Å². The predicted octanol–water partition coefficient (Wildman–Crippen LogP) is 1.99. The molecule has 144 valence electrons. The molecule has 6 heteroatoms. The standard InChI is InChI=1S/C19H35ClN4O/c1-5-17(25)18(23)19(14(4)22,12(2)9-13(3)21)24-11-15-7-6-8-16(20)10-15/h6-8,10,12-14,17-18,24-25H,5,9,11,21-23H2,1-4H3. The molecule has 1 aromatic rings. The Morgan fingerprint density at radius 1 is 1.20 bits per heavy atom.